The molecule has 1 atom stereocenters. The minimum atomic E-state index is -0.812. The van der Waals surface area contributed by atoms with E-state index in [4.69, 9.17) is 4.74 Å². The number of ether oxygens (including phenoxy) is 1. The monoisotopic (exact) mass is 414 g/mol. The molecule has 6 heteroatoms. The maximum atomic E-state index is 12.9. The molecule has 0 aromatic heterocycles. The third-order valence-electron chi connectivity index (χ3n) is 6.05. The molecule has 2 aliphatic rings. The first-order valence-corrected chi connectivity index (χ1v) is 11.0. The number of hydrogen-bond donors (Lipinski definition) is 2. The zero-order chi connectivity index (χ0) is 21.8. The van der Waals surface area contributed by atoms with Crippen molar-refractivity contribution in [2.24, 2.45) is 5.41 Å². The van der Waals surface area contributed by atoms with Gasteiger partial charge in [0.15, 0.2) is 6.61 Å². The topological polar surface area (TPSA) is 84.5 Å². The van der Waals surface area contributed by atoms with Crippen molar-refractivity contribution in [1.29, 1.82) is 0 Å². The van der Waals surface area contributed by atoms with Crippen LogP contribution in [0.5, 0.6) is 0 Å². The highest BCUT2D eigenvalue weighted by Crippen LogP contribution is 2.42. The van der Waals surface area contributed by atoms with Gasteiger partial charge in [-0.25, -0.2) is 0 Å². The lowest BCUT2D eigenvalue weighted by molar-refractivity contribution is -0.161. The molecule has 0 aliphatic heterocycles. The molecule has 1 fully saturated rings. The summed E-state index contributed by atoms with van der Waals surface area (Å²) in [6.07, 6.45) is 6.08. The van der Waals surface area contributed by atoms with E-state index in [-0.39, 0.29) is 36.4 Å². The second-order valence-corrected chi connectivity index (χ2v) is 9.75. The minimum Gasteiger partial charge on any atom is -0.455 e. The van der Waals surface area contributed by atoms with Gasteiger partial charge < -0.3 is 15.4 Å². The van der Waals surface area contributed by atoms with E-state index in [0.29, 0.717) is 12.8 Å². The smallest absolute Gasteiger partial charge is 0.313 e. The van der Waals surface area contributed by atoms with E-state index in [2.05, 4.69) is 16.7 Å². The van der Waals surface area contributed by atoms with Crippen molar-refractivity contribution in [3.63, 3.8) is 0 Å². The van der Waals surface area contributed by atoms with Gasteiger partial charge in [-0.2, -0.15) is 0 Å². The van der Waals surface area contributed by atoms with Crippen LogP contribution < -0.4 is 10.6 Å². The number of fused-ring (bicyclic) bond motifs is 1. The molecule has 1 aromatic rings. The van der Waals surface area contributed by atoms with Gasteiger partial charge in [0.2, 0.25) is 5.91 Å². The Morgan fingerprint density at radius 3 is 2.47 bits per heavy atom. The number of amides is 2. The van der Waals surface area contributed by atoms with Crippen molar-refractivity contribution < 1.29 is 19.1 Å². The van der Waals surface area contributed by atoms with Gasteiger partial charge in [-0.05, 0) is 64.0 Å². The summed E-state index contributed by atoms with van der Waals surface area (Å²) in [5.74, 6) is -0.870. The van der Waals surface area contributed by atoms with Crippen LogP contribution in [0.2, 0.25) is 0 Å². The maximum absolute atomic E-state index is 12.9. The van der Waals surface area contributed by atoms with Gasteiger partial charge in [0.05, 0.1) is 11.5 Å². The average molecular weight is 415 g/mol. The Labute approximate surface area is 179 Å². The van der Waals surface area contributed by atoms with Gasteiger partial charge in [-0.15, -0.1) is 0 Å². The summed E-state index contributed by atoms with van der Waals surface area (Å²) in [4.78, 5) is 37.8. The molecule has 0 bridgehead atoms. The summed E-state index contributed by atoms with van der Waals surface area (Å²) in [6.45, 7) is 5.44. The molecule has 164 valence electrons. The van der Waals surface area contributed by atoms with Crippen LogP contribution in [0.25, 0.3) is 0 Å². The first-order chi connectivity index (χ1) is 14.2. The lowest BCUT2D eigenvalue weighted by Gasteiger charge is -2.29. The second kappa shape index (κ2) is 9.19. The molecule has 2 N–H and O–H groups in total. The standard InChI is InChI=1S/C24H34N2O4/c1-23(2,3)26-20(27)15-24(13-6-7-14-24)22(29)30-16-21(28)25-19-12-8-10-17-9-4-5-11-18(17)19/h4-5,9,11,19H,6-8,10,12-16H2,1-3H3,(H,25,28)(H,26,27). The average Bonchev–Trinajstić information content (AvgIpc) is 3.14. The summed E-state index contributed by atoms with van der Waals surface area (Å²) in [5, 5.41) is 5.94. The Kier molecular flexibility index (Phi) is 6.84. The van der Waals surface area contributed by atoms with E-state index in [1.807, 2.05) is 39.0 Å². The molecule has 1 unspecified atom stereocenters. The number of aryl methyl sites for hydroxylation is 1. The molecule has 2 aliphatic carbocycles. The van der Waals surface area contributed by atoms with Crippen molar-refractivity contribution in [3.05, 3.63) is 35.4 Å². The van der Waals surface area contributed by atoms with Crippen LogP contribution >= 0.6 is 0 Å². The molecule has 1 saturated carbocycles. The lowest BCUT2D eigenvalue weighted by Crippen LogP contribution is -2.45. The van der Waals surface area contributed by atoms with Crippen molar-refractivity contribution in [2.45, 2.75) is 83.7 Å². The second-order valence-electron chi connectivity index (χ2n) is 9.75. The van der Waals surface area contributed by atoms with Crippen LogP contribution in [0.1, 0.15) is 82.9 Å². The number of carbonyl (C=O) groups excluding carboxylic acids is 3. The number of esters is 1. The number of hydrogen-bond acceptors (Lipinski definition) is 4. The quantitative estimate of drug-likeness (QED) is 0.697. The van der Waals surface area contributed by atoms with E-state index >= 15 is 0 Å². The predicted molar refractivity (Wildman–Crippen MR) is 115 cm³/mol. The normalized spacial score (nSPS) is 20.2. The first-order valence-electron chi connectivity index (χ1n) is 11.0. The van der Waals surface area contributed by atoms with Crippen LogP contribution in [0.3, 0.4) is 0 Å². The highest BCUT2D eigenvalue weighted by molar-refractivity contribution is 5.88. The zero-order valence-corrected chi connectivity index (χ0v) is 18.4. The molecule has 2 amide bonds. The first kappa shape index (κ1) is 22.3. The van der Waals surface area contributed by atoms with Gasteiger partial charge in [0, 0.05) is 12.0 Å². The van der Waals surface area contributed by atoms with E-state index in [0.717, 1.165) is 37.7 Å². The fourth-order valence-corrected chi connectivity index (χ4v) is 4.70. The van der Waals surface area contributed by atoms with Crippen LogP contribution in [0.15, 0.2) is 24.3 Å². The number of rotatable bonds is 6. The Balaban J connectivity index is 1.56. The Bertz CT molecular complexity index is 791. The van der Waals surface area contributed by atoms with E-state index in [1.165, 1.54) is 5.56 Å². The molecule has 0 heterocycles. The third kappa shape index (κ3) is 5.61. The van der Waals surface area contributed by atoms with E-state index < -0.39 is 11.4 Å². The number of nitrogens with one attached hydrogen (secondary N) is 2. The molecule has 0 radical (unpaired) electrons. The Morgan fingerprint density at radius 1 is 1.07 bits per heavy atom. The summed E-state index contributed by atoms with van der Waals surface area (Å²) >= 11 is 0. The van der Waals surface area contributed by atoms with E-state index in [1.54, 1.807) is 0 Å². The Morgan fingerprint density at radius 2 is 1.77 bits per heavy atom. The molecule has 6 nitrogen and oxygen atoms in total. The van der Waals surface area contributed by atoms with Crippen LogP contribution in [0.4, 0.5) is 0 Å². The van der Waals surface area contributed by atoms with Crippen LogP contribution in [-0.4, -0.2) is 29.9 Å². The van der Waals surface area contributed by atoms with Gasteiger partial charge in [-0.1, -0.05) is 37.1 Å². The maximum Gasteiger partial charge on any atom is 0.313 e. The highest BCUT2D eigenvalue weighted by atomic mass is 16.5. The summed E-state index contributed by atoms with van der Waals surface area (Å²) < 4.78 is 5.42. The lowest BCUT2D eigenvalue weighted by atomic mass is 9.82. The Hall–Kier alpha value is -2.37. The minimum absolute atomic E-state index is 0.0424. The highest BCUT2D eigenvalue weighted by Gasteiger charge is 2.44. The molecule has 3 rings (SSSR count). The number of carbonyl (C=O) groups is 3. The summed E-state index contributed by atoms with van der Waals surface area (Å²) in [7, 11) is 0. The third-order valence-corrected chi connectivity index (χ3v) is 6.05. The van der Waals surface area contributed by atoms with Crippen molar-refractivity contribution in [2.75, 3.05) is 6.61 Å². The SMILES string of the molecule is CC(C)(C)NC(=O)CC1(C(=O)OCC(=O)NC2CCCc3ccccc32)CCCC1. The zero-order valence-electron chi connectivity index (χ0n) is 18.4. The van der Waals surface area contributed by atoms with Gasteiger partial charge in [0.1, 0.15) is 0 Å². The molecule has 0 saturated heterocycles. The fraction of sp³-hybridized carbons (Fsp3) is 0.625. The molecule has 1 aromatic carbocycles. The van der Waals surface area contributed by atoms with Crippen molar-refractivity contribution in [3.8, 4) is 0 Å². The van der Waals surface area contributed by atoms with Crippen molar-refractivity contribution in [1.82, 2.24) is 10.6 Å². The summed E-state index contributed by atoms with van der Waals surface area (Å²) in [5.41, 5.74) is 1.25. The van der Waals surface area contributed by atoms with Crippen LogP contribution in [0, 0.1) is 5.41 Å². The molecule has 0 spiro atoms. The number of benzene rings is 1. The molecule has 30 heavy (non-hydrogen) atoms. The van der Waals surface area contributed by atoms with Crippen LogP contribution in [-0.2, 0) is 25.5 Å². The molecular formula is C24H34N2O4. The van der Waals surface area contributed by atoms with Gasteiger partial charge >= 0.3 is 5.97 Å². The van der Waals surface area contributed by atoms with Gasteiger partial charge in [0.25, 0.3) is 5.91 Å². The molecular weight excluding hydrogens is 380 g/mol. The fourth-order valence-electron chi connectivity index (χ4n) is 4.70. The summed E-state index contributed by atoms with van der Waals surface area (Å²) in [6, 6.07) is 8.10. The van der Waals surface area contributed by atoms with E-state index in [9.17, 15) is 14.4 Å². The van der Waals surface area contributed by atoms with Gasteiger partial charge in [-0.3, -0.25) is 14.4 Å². The van der Waals surface area contributed by atoms with Crippen molar-refractivity contribution >= 4 is 17.8 Å². The largest absolute Gasteiger partial charge is 0.455 e. The predicted octanol–water partition coefficient (Wildman–Crippen LogP) is 3.59.